The third-order valence-corrected chi connectivity index (χ3v) is 7.47. The lowest BCUT2D eigenvalue weighted by Crippen LogP contribution is -2.33. The summed E-state index contributed by atoms with van der Waals surface area (Å²) in [5.41, 5.74) is 7.17. The normalized spacial score (nSPS) is 15.3. The minimum absolute atomic E-state index is 0.255. The van der Waals surface area contributed by atoms with Crippen LogP contribution in [0.2, 0.25) is 0 Å². The number of fused-ring (bicyclic) bond motifs is 1. The summed E-state index contributed by atoms with van der Waals surface area (Å²) in [6.45, 7) is 29.2. The van der Waals surface area contributed by atoms with Crippen LogP contribution in [0.3, 0.4) is 0 Å². The molecule has 0 spiro atoms. The summed E-state index contributed by atoms with van der Waals surface area (Å²) in [5, 5.41) is 0. The van der Waals surface area contributed by atoms with Crippen molar-refractivity contribution in [1.29, 1.82) is 0 Å². The number of hydrogen-bond acceptors (Lipinski definition) is 0. The zero-order valence-corrected chi connectivity index (χ0v) is 26.3. The molecule has 0 aliphatic heterocycles. The Bertz CT molecular complexity index is 785. The Kier molecular flexibility index (Phi) is 17.0. The van der Waals surface area contributed by atoms with E-state index in [2.05, 4.69) is 119 Å². The summed E-state index contributed by atoms with van der Waals surface area (Å²) in [6, 6.07) is 6.92. The maximum absolute atomic E-state index is 4.24. The molecular weight excluding hydrogens is 432 g/mol. The molecule has 1 aliphatic carbocycles. The zero-order valence-electron chi connectivity index (χ0n) is 26.3. The average molecular weight is 495 g/mol. The van der Waals surface area contributed by atoms with E-state index in [9.17, 15) is 0 Å². The molecule has 0 bridgehead atoms. The Hall–Kier alpha value is -1.56. The van der Waals surface area contributed by atoms with Crippen molar-refractivity contribution in [2.75, 3.05) is 0 Å². The highest BCUT2D eigenvalue weighted by atomic mass is 14.4. The van der Waals surface area contributed by atoms with Gasteiger partial charge in [0.15, 0.2) is 0 Å². The lowest BCUT2D eigenvalue weighted by Gasteiger charge is -2.42. The van der Waals surface area contributed by atoms with E-state index in [1.807, 2.05) is 0 Å². The van der Waals surface area contributed by atoms with E-state index in [1.54, 1.807) is 0 Å². The smallest absolute Gasteiger partial charge is 0.0100 e. The maximum Gasteiger partial charge on any atom is -0.0100 e. The SMILES string of the molecule is C=C(/C=C\C=C(C)C)c1ccc2c(c1)C(C)(C)CCC2(C)C.CCCC(C)CCC.CCCCCC. The fraction of sp³-hybridized carbons (Fsp3) is 0.667. The molecule has 0 radical (unpaired) electrons. The Morgan fingerprint density at radius 3 is 1.78 bits per heavy atom. The lowest BCUT2D eigenvalue weighted by molar-refractivity contribution is 0.332. The molecule has 0 heteroatoms. The van der Waals surface area contributed by atoms with Crippen LogP contribution >= 0.6 is 0 Å². The van der Waals surface area contributed by atoms with Crippen LogP contribution < -0.4 is 0 Å². The molecule has 206 valence electrons. The molecule has 0 N–H and O–H groups in total. The first-order valence-electron chi connectivity index (χ1n) is 15.0. The van der Waals surface area contributed by atoms with E-state index >= 15 is 0 Å². The fourth-order valence-electron chi connectivity index (χ4n) is 4.87. The third kappa shape index (κ3) is 13.1. The van der Waals surface area contributed by atoms with Crippen LogP contribution in [-0.4, -0.2) is 0 Å². The topological polar surface area (TPSA) is 0 Å². The largest absolute Gasteiger partial charge is 0.0912 e. The average Bonchev–Trinajstić information content (AvgIpc) is 2.81. The Morgan fingerprint density at radius 1 is 0.833 bits per heavy atom. The Balaban J connectivity index is 0.000000721. The standard InChI is InChI=1S/C22H30.C8H18.C6H14/c1-16(2)9-8-10-17(3)18-11-12-19-20(15-18)22(6,7)14-13-21(19,4)5;1-4-6-8(3)7-5-2;1-3-5-6-4-2/h8-12,15H,3,13-14H2,1-2,4-7H3;8H,4-7H2,1-3H3;3-6H2,1-2H3/b10-8-;;. The summed E-state index contributed by atoms with van der Waals surface area (Å²) in [4.78, 5) is 0. The van der Waals surface area contributed by atoms with Gasteiger partial charge in [-0.1, -0.05) is 162 Å². The van der Waals surface area contributed by atoms with E-state index in [1.165, 1.54) is 86.5 Å². The zero-order chi connectivity index (χ0) is 27.8. The van der Waals surface area contributed by atoms with Crippen molar-refractivity contribution in [2.24, 2.45) is 5.92 Å². The van der Waals surface area contributed by atoms with E-state index in [-0.39, 0.29) is 10.8 Å². The number of allylic oxidation sites excluding steroid dienone is 5. The van der Waals surface area contributed by atoms with Gasteiger partial charge in [0.1, 0.15) is 0 Å². The molecule has 0 saturated carbocycles. The lowest BCUT2D eigenvalue weighted by atomic mass is 9.63. The minimum atomic E-state index is 0.255. The van der Waals surface area contributed by atoms with E-state index in [4.69, 9.17) is 0 Å². The van der Waals surface area contributed by atoms with Crippen LogP contribution in [0.25, 0.3) is 5.57 Å². The van der Waals surface area contributed by atoms with Gasteiger partial charge in [-0.3, -0.25) is 0 Å². The van der Waals surface area contributed by atoms with Crippen molar-refractivity contribution < 1.29 is 0 Å². The molecule has 0 aromatic heterocycles. The molecule has 0 fully saturated rings. The predicted octanol–water partition coefficient (Wildman–Crippen LogP) is 12.4. The first-order chi connectivity index (χ1) is 16.9. The van der Waals surface area contributed by atoms with Crippen LogP contribution in [0.1, 0.15) is 157 Å². The van der Waals surface area contributed by atoms with Gasteiger partial charge in [-0.15, -0.1) is 0 Å². The molecule has 1 aromatic rings. The maximum atomic E-state index is 4.24. The van der Waals surface area contributed by atoms with Crippen molar-refractivity contribution in [2.45, 2.75) is 151 Å². The predicted molar refractivity (Wildman–Crippen MR) is 168 cm³/mol. The van der Waals surface area contributed by atoms with Crippen LogP contribution in [0, 0.1) is 5.92 Å². The Labute approximate surface area is 227 Å². The molecule has 1 aromatic carbocycles. The summed E-state index contributed by atoms with van der Waals surface area (Å²) in [5.74, 6) is 0.963. The van der Waals surface area contributed by atoms with E-state index in [0.717, 1.165) is 11.5 Å². The third-order valence-electron chi connectivity index (χ3n) is 7.47. The van der Waals surface area contributed by atoms with Gasteiger partial charge in [0.25, 0.3) is 0 Å². The van der Waals surface area contributed by atoms with Gasteiger partial charge in [0.05, 0.1) is 0 Å². The summed E-state index contributed by atoms with van der Waals surface area (Å²) in [6.07, 6.45) is 19.9. The van der Waals surface area contributed by atoms with Crippen LogP contribution in [0.4, 0.5) is 0 Å². The van der Waals surface area contributed by atoms with Crippen molar-refractivity contribution in [3.63, 3.8) is 0 Å². The van der Waals surface area contributed by atoms with Gasteiger partial charge < -0.3 is 0 Å². The highest BCUT2D eigenvalue weighted by Crippen LogP contribution is 2.46. The monoisotopic (exact) mass is 494 g/mol. The molecule has 0 amide bonds. The fourth-order valence-corrected chi connectivity index (χ4v) is 4.87. The molecule has 0 saturated heterocycles. The van der Waals surface area contributed by atoms with Crippen LogP contribution in [0.15, 0.2) is 48.6 Å². The quantitative estimate of drug-likeness (QED) is 0.224. The molecule has 1 aliphatic rings. The van der Waals surface area contributed by atoms with E-state index in [0.29, 0.717) is 0 Å². The van der Waals surface area contributed by atoms with Gasteiger partial charge in [0, 0.05) is 0 Å². The van der Waals surface area contributed by atoms with Gasteiger partial charge in [-0.25, -0.2) is 0 Å². The molecule has 0 heterocycles. The first-order valence-corrected chi connectivity index (χ1v) is 15.0. The van der Waals surface area contributed by atoms with Gasteiger partial charge in [0.2, 0.25) is 0 Å². The number of unbranched alkanes of at least 4 members (excludes halogenated alkanes) is 3. The van der Waals surface area contributed by atoms with Crippen molar-refractivity contribution in [3.05, 3.63) is 65.3 Å². The highest BCUT2D eigenvalue weighted by Gasteiger charge is 2.36. The second-order valence-electron chi connectivity index (χ2n) is 12.5. The Morgan fingerprint density at radius 2 is 1.33 bits per heavy atom. The van der Waals surface area contributed by atoms with Crippen LogP contribution in [-0.2, 0) is 10.8 Å². The highest BCUT2D eigenvalue weighted by molar-refractivity contribution is 5.73. The molecule has 0 unspecified atom stereocenters. The molecule has 2 rings (SSSR count). The van der Waals surface area contributed by atoms with Crippen LogP contribution in [0.5, 0.6) is 0 Å². The van der Waals surface area contributed by atoms with E-state index < -0.39 is 0 Å². The van der Waals surface area contributed by atoms with Gasteiger partial charge in [-0.05, 0) is 65.7 Å². The summed E-state index contributed by atoms with van der Waals surface area (Å²) in [7, 11) is 0. The molecule has 0 nitrogen and oxygen atoms in total. The second-order valence-corrected chi connectivity index (χ2v) is 12.5. The van der Waals surface area contributed by atoms with Crippen molar-refractivity contribution >= 4 is 5.57 Å². The second kappa shape index (κ2) is 17.8. The van der Waals surface area contributed by atoms with Crippen molar-refractivity contribution in [1.82, 2.24) is 0 Å². The first kappa shape index (κ1) is 34.4. The number of rotatable bonds is 10. The summed E-state index contributed by atoms with van der Waals surface area (Å²) < 4.78 is 0. The van der Waals surface area contributed by atoms with Gasteiger partial charge in [-0.2, -0.15) is 0 Å². The summed E-state index contributed by atoms with van der Waals surface area (Å²) >= 11 is 0. The van der Waals surface area contributed by atoms with Crippen molar-refractivity contribution in [3.8, 4) is 0 Å². The minimum Gasteiger partial charge on any atom is -0.0912 e. The number of benzene rings is 1. The molecular formula is C36H62. The van der Waals surface area contributed by atoms with Gasteiger partial charge >= 0.3 is 0 Å². The molecule has 36 heavy (non-hydrogen) atoms. The molecule has 0 atom stereocenters. The number of hydrogen-bond donors (Lipinski definition) is 0.